The van der Waals surface area contributed by atoms with Crippen LogP contribution in [0.5, 0.6) is 0 Å². The Balaban J connectivity index is 2.15. The molecular formula is C12H14ClN5O2S. The molecule has 0 fully saturated rings. The average molecular weight is 328 g/mol. The van der Waals surface area contributed by atoms with Crippen LogP contribution in [0.3, 0.4) is 0 Å². The third-order valence-electron chi connectivity index (χ3n) is 2.85. The molecule has 2 aromatic rings. The van der Waals surface area contributed by atoms with E-state index in [2.05, 4.69) is 15.4 Å². The summed E-state index contributed by atoms with van der Waals surface area (Å²) in [4.78, 5) is 11.5. The van der Waals surface area contributed by atoms with Gasteiger partial charge >= 0.3 is 5.69 Å². The summed E-state index contributed by atoms with van der Waals surface area (Å²) in [6.07, 6.45) is 0. The molecule has 0 aliphatic carbocycles. The molecular weight excluding hydrogens is 314 g/mol. The zero-order chi connectivity index (χ0) is 15.4. The van der Waals surface area contributed by atoms with E-state index in [1.807, 2.05) is 6.92 Å². The number of oxime groups is 1. The SMILES string of the molecule is CCn1c(SCc2ccc(/C(N)=N/O)cc2Cl)n[nH]c1=O. The minimum Gasteiger partial charge on any atom is -0.409 e. The van der Waals surface area contributed by atoms with E-state index < -0.39 is 0 Å². The predicted molar refractivity (Wildman–Crippen MR) is 82.0 cm³/mol. The topological polar surface area (TPSA) is 109 Å². The third kappa shape index (κ3) is 3.40. The minimum atomic E-state index is -0.228. The monoisotopic (exact) mass is 327 g/mol. The number of hydrogen-bond donors (Lipinski definition) is 3. The summed E-state index contributed by atoms with van der Waals surface area (Å²) in [5, 5.41) is 19.1. The standard InChI is InChI=1S/C12H14ClN5O2S/c1-2-18-11(19)15-16-12(18)21-6-8-4-3-7(5-9(8)13)10(14)17-20/h3-5,20H,2,6H2,1H3,(H2,14,17)(H,15,19). The highest BCUT2D eigenvalue weighted by atomic mass is 35.5. The van der Waals surface area contributed by atoms with E-state index >= 15 is 0 Å². The van der Waals surface area contributed by atoms with Gasteiger partial charge in [0, 0.05) is 22.9 Å². The van der Waals surface area contributed by atoms with Crippen molar-refractivity contribution in [2.75, 3.05) is 0 Å². The molecule has 7 nitrogen and oxygen atoms in total. The van der Waals surface area contributed by atoms with Gasteiger partial charge in [-0.2, -0.15) is 0 Å². The van der Waals surface area contributed by atoms with Crippen molar-refractivity contribution in [3.05, 3.63) is 44.8 Å². The fraction of sp³-hybridized carbons (Fsp3) is 0.250. The number of amidine groups is 1. The summed E-state index contributed by atoms with van der Waals surface area (Å²) in [7, 11) is 0. The molecule has 1 heterocycles. The molecule has 0 unspecified atom stereocenters. The molecule has 0 atom stereocenters. The van der Waals surface area contributed by atoms with Crippen molar-refractivity contribution in [3.63, 3.8) is 0 Å². The first-order valence-corrected chi connectivity index (χ1v) is 7.47. The lowest BCUT2D eigenvalue weighted by Crippen LogP contribution is -2.16. The molecule has 1 aromatic heterocycles. The maximum Gasteiger partial charge on any atom is 0.343 e. The Bertz CT molecular complexity index is 725. The second-order valence-electron chi connectivity index (χ2n) is 4.14. The number of aromatic amines is 1. The van der Waals surface area contributed by atoms with E-state index in [4.69, 9.17) is 22.5 Å². The number of halogens is 1. The zero-order valence-electron chi connectivity index (χ0n) is 11.2. The van der Waals surface area contributed by atoms with E-state index in [1.165, 1.54) is 11.8 Å². The Morgan fingerprint density at radius 3 is 3.00 bits per heavy atom. The summed E-state index contributed by atoms with van der Waals surface area (Å²) in [6, 6.07) is 5.14. The van der Waals surface area contributed by atoms with Gasteiger partial charge in [0.25, 0.3) is 0 Å². The van der Waals surface area contributed by atoms with Crippen LogP contribution < -0.4 is 11.4 Å². The summed E-state index contributed by atoms with van der Waals surface area (Å²) >= 11 is 7.58. The predicted octanol–water partition coefficient (Wildman–Crippen LogP) is 1.63. The van der Waals surface area contributed by atoms with Crippen molar-refractivity contribution in [1.29, 1.82) is 0 Å². The van der Waals surface area contributed by atoms with Crippen molar-refractivity contribution in [3.8, 4) is 0 Å². The molecule has 0 radical (unpaired) electrons. The molecule has 0 saturated heterocycles. The number of nitrogens with zero attached hydrogens (tertiary/aromatic N) is 3. The number of thioether (sulfide) groups is 1. The van der Waals surface area contributed by atoms with Crippen molar-refractivity contribution in [2.24, 2.45) is 10.9 Å². The van der Waals surface area contributed by atoms with E-state index in [9.17, 15) is 4.79 Å². The Morgan fingerprint density at radius 1 is 1.62 bits per heavy atom. The summed E-state index contributed by atoms with van der Waals surface area (Å²) in [5.41, 5.74) is 6.69. The fourth-order valence-corrected chi connectivity index (χ4v) is 3.06. The van der Waals surface area contributed by atoms with Gasteiger partial charge in [0.15, 0.2) is 11.0 Å². The lowest BCUT2D eigenvalue weighted by Gasteiger charge is -2.06. The van der Waals surface area contributed by atoms with Crippen LogP contribution in [0.25, 0.3) is 0 Å². The molecule has 0 bridgehead atoms. The number of aromatic nitrogens is 3. The van der Waals surface area contributed by atoms with Gasteiger partial charge in [0.1, 0.15) is 0 Å². The Kier molecular flexibility index (Phi) is 4.92. The van der Waals surface area contributed by atoms with Crippen molar-refractivity contribution in [2.45, 2.75) is 24.4 Å². The third-order valence-corrected chi connectivity index (χ3v) is 4.23. The molecule has 9 heteroatoms. The molecule has 112 valence electrons. The maximum absolute atomic E-state index is 11.5. The molecule has 21 heavy (non-hydrogen) atoms. The van der Waals surface area contributed by atoms with Crippen LogP contribution in [-0.2, 0) is 12.3 Å². The van der Waals surface area contributed by atoms with Gasteiger partial charge in [-0.25, -0.2) is 9.89 Å². The van der Waals surface area contributed by atoms with Gasteiger partial charge in [0.05, 0.1) is 0 Å². The van der Waals surface area contributed by atoms with Crippen molar-refractivity contribution < 1.29 is 5.21 Å². The number of H-pyrrole nitrogens is 1. The van der Waals surface area contributed by atoms with Gasteiger partial charge in [0.2, 0.25) is 0 Å². The normalized spacial score (nSPS) is 11.8. The van der Waals surface area contributed by atoms with Crippen molar-refractivity contribution >= 4 is 29.2 Å². The van der Waals surface area contributed by atoms with Crippen LogP contribution >= 0.6 is 23.4 Å². The number of nitrogens with two attached hydrogens (primary N) is 1. The van der Waals surface area contributed by atoms with Crippen LogP contribution in [-0.4, -0.2) is 25.8 Å². The zero-order valence-corrected chi connectivity index (χ0v) is 12.8. The lowest BCUT2D eigenvalue weighted by atomic mass is 10.1. The highest BCUT2D eigenvalue weighted by molar-refractivity contribution is 7.98. The molecule has 1 aromatic carbocycles. The minimum absolute atomic E-state index is 0.00299. The molecule has 2 rings (SSSR count). The average Bonchev–Trinajstić information content (AvgIpc) is 2.85. The molecule has 0 spiro atoms. The van der Waals surface area contributed by atoms with Crippen molar-refractivity contribution in [1.82, 2.24) is 14.8 Å². The molecule has 0 amide bonds. The molecule has 4 N–H and O–H groups in total. The Labute approximate surface area is 129 Å². The van der Waals surface area contributed by atoms with Gasteiger partial charge in [-0.05, 0) is 18.6 Å². The first-order valence-electron chi connectivity index (χ1n) is 6.11. The second kappa shape index (κ2) is 6.68. The summed E-state index contributed by atoms with van der Waals surface area (Å²) < 4.78 is 1.54. The molecule has 0 aliphatic rings. The number of nitrogens with one attached hydrogen (secondary N) is 1. The highest BCUT2D eigenvalue weighted by Gasteiger charge is 2.10. The van der Waals surface area contributed by atoms with E-state index in [-0.39, 0.29) is 11.5 Å². The summed E-state index contributed by atoms with van der Waals surface area (Å²) in [5.74, 6) is 0.558. The first kappa shape index (κ1) is 15.5. The first-order chi connectivity index (χ1) is 10.1. The van der Waals surface area contributed by atoms with Gasteiger partial charge in [-0.1, -0.05) is 40.7 Å². The number of benzene rings is 1. The smallest absolute Gasteiger partial charge is 0.343 e. The van der Waals surface area contributed by atoms with E-state index in [1.54, 1.807) is 22.8 Å². The van der Waals surface area contributed by atoms with E-state index in [0.717, 1.165) is 5.56 Å². The lowest BCUT2D eigenvalue weighted by molar-refractivity contribution is 0.318. The quantitative estimate of drug-likeness (QED) is 0.254. The Hall–Kier alpha value is -1.93. The number of rotatable bonds is 5. The Morgan fingerprint density at radius 2 is 2.38 bits per heavy atom. The fourth-order valence-electron chi connectivity index (χ4n) is 1.72. The van der Waals surface area contributed by atoms with Crippen LogP contribution in [0.15, 0.2) is 33.3 Å². The molecule has 0 aliphatic heterocycles. The highest BCUT2D eigenvalue weighted by Crippen LogP contribution is 2.25. The van der Waals surface area contributed by atoms with Crippen LogP contribution in [0, 0.1) is 0 Å². The molecule has 0 saturated carbocycles. The van der Waals surface area contributed by atoms with E-state index in [0.29, 0.717) is 28.0 Å². The number of hydrogen-bond acceptors (Lipinski definition) is 5. The van der Waals surface area contributed by atoms with Gasteiger partial charge in [-0.15, -0.1) is 5.10 Å². The summed E-state index contributed by atoms with van der Waals surface area (Å²) in [6.45, 7) is 2.42. The van der Waals surface area contributed by atoms with Crippen LogP contribution in [0.2, 0.25) is 5.02 Å². The van der Waals surface area contributed by atoms with Crippen LogP contribution in [0.4, 0.5) is 0 Å². The maximum atomic E-state index is 11.5. The van der Waals surface area contributed by atoms with Gasteiger partial charge in [-0.3, -0.25) is 4.57 Å². The van der Waals surface area contributed by atoms with Gasteiger partial charge < -0.3 is 10.9 Å². The van der Waals surface area contributed by atoms with Crippen LogP contribution in [0.1, 0.15) is 18.1 Å². The largest absolute Gasteiger partial charge is 0.409 e. The second-order valence-corrected chi connectivity index (χ2v) is 5.49.